The number of aryl methyl sites for hydroxylation is 3. The summed E-state index contributed by atoms with van der Waals surface area (Å²) in [4.78, 5) is 23.4. The van der Waals surface area contributed by atoms with Crippen LogP contribution in [0.25, 0.3) is 16.6 Å². The molecule has 3 aromatic rings. The summed E-state index contributed by atoms with van der Waals surface area (Å²) in [5.41, 5.74) is 5.17. The maximum absolute atomic E-state index is 12.0. The molecule has 0 aliphatic carbocycles. The fraction of sp³-hybridized carbons (Fsp3) is 0.368. The van der Waals surface area contributed by atoms with E-state index in [-0.39, 0.29) is 18.2 Å². The van der Waals surface area contributed by atoms with Crippen LogP contribution in [-0.4, -0.2) is 45.4 Å². The Morgan fingerprint density at radius 1 is 1.15 bits per heavy atom. The summed E-state index contributed by atoms with van der Waals surface area (Å²) in [7, 11) is 0. The minimum absolute atomic E-state index is 0.131. The minimum atomic E-state index is -0.448. The average Bonchev–Trinajstić information content (AvgIpc) is 3.04. The van der Waals surface area contributed by atoms with Crippen LogP contribution in [0.1, 0.15) is 23.6 Å². The van der Waals surface area contributed by atoms with E-state index in [1.54, 1.807) is 6.92 Å². The molecule has 0 saturated carbocycles. The molecule has 3 rings (SSSR count). The molecule has 2 heterocycles. The van der Waals surface area contributed by atoms with Gasteiger partial charge in [-0.05, 0) is 56.5 Å². The number of ether oxygens (including phenoxy) is 1. The van der Waals surface area contributed by atoms with Gasteiger partial charge in [0.25, 0.3) is 0 Å². The fourth-order valence-corrected chi connectivity index (χ4v) is 3.78. The molecule has 0 fully saturated rings. The third-order valence-corrected chi connectivity index (χ3v) is 5.09. The molecule has 27 heavy (non-hydrogen) atoms. The van der Waals surface area contributed by atoms with Crippen molar-refractivity contribution in [2.45, 2.75) is 32.9 Å². The summed E-state index contributed by atoms with van der Waals surface area (Å²) < 4.78 is 6.79. The molecule has 7 nitrogen and oxygen atoms in total. The number of esters is 1. The number of benzene rings is 1. The van der Waals surface area contributed by atoms with E-state index in [4.69, 9.17) is 4.74 Å². The van der Waals surface area contributed by atoms with Crippen LogP contribution < -0.4 is 5.32 Å². The number of nitrogens with one attached hydrogen (secondary N) is 1. The topological polar surface area (TPSA) is 85.6 Å². The molecular weight excluding hydrogens is 364 g/mol. The number of hydrogen-bond acceptors (Lipinski definition) is 6. The second-order valence-corrected chi connectivity index (χ2v) is 7.30. The lowest BCUT2D eigenvalue weighted by Crippen LogP contribution is -2.31. The van der Waals surface area contributed by atoms with Crippen LogP contribution in [0.4, 0.5) is 0 Å². The zero-order valence-electron chi connectivity index (χ0n) is 15.8. The number of hydrogen-bond donors (Lipinski definition) is 1. The Kier molecular flexibility index (Phi) is 5.65. The van der Waals surface area contributed by atoms with E-state index in [0.29, 0.717) is 11.8 Å². The summed E-state index contributed by atoms with van der Waals surface area (Å²) in [5.74, 6) is -0.564. The summed E-state index contributed by atoms with van der Waals surface area (Å²) in [5, 5.41) is 12.9. The smallest absolute Gasteiger partial charge is 0.325 e. The minimum Gasteiger partial charge on any atom is -0.465 e. The highest BCUT2D eigenvalue weighted by molar-refractivity contribution is 7.99. The lowest BCUT2D eigenvalue weighted by molar-refractivity contribution is -0.143. The molecule has 142 valence electrons. The van der Waals surface area contributed by atoms with Crippen LogP contribution in [0.15, 0.2) is 23.4 Å². The Bertz CT molecular complexity index is 1030. The Balaban J connectivity index is 1.85. The highest BCUT2D eigenvalue weighted by Gasteiger charge is 2.15. The first-order valence-electron chi connectivity index (χ1n) is 8.71. The molecule has 0 radical (unpaired) electrons. The maximum Gasteiger partial charge on any atom is 0.325 e. The van der Waals surface area contributed by atoms with E-state index < -0.39 is 5.97 Å². The monoisotopic (exact) mass is 386 g/mol. The fourth-order valence-electron chi connectivity index (χ4n) is 3.01. The molecule has 8 heteroatoms. The number of nitrogens with zero attached hydrogens (tertiary/aromatic N) is 3. The van der Waals surface area contributed by atoms with E-state index in [2.05, 4.69) is 47.6 Å². The van der Waals surface area contributed by atoms with Crippen LogP contribution in [0.2, 0.25) is 0 Å². The second-order valence-electron chi connectivity index (χ2n) is 6.35. The van der Waals surface area contributed by atoms with Gasteiger partial charge in [0.1, 0.15) is 6.54 Å². The van der Waals surface area contributed by atoms with Crippen LogP contribution in [-0.2, 0) is 14.3 Å². The number of fused-ring (bicyclic) bond motifs is 3. The van der Waals surface area contributed by atoms with Gasteiger partial charge in [0.05, 0.1) is 17.9 Å². The predicted octanol–water partition coefficient (Wildman–Crippen LogP) is 2.58. The molecule has 0 bridgehead atoms. The number of amides is 1. The Morgan fingerprint density at radius 2 is 1.93 bits per heavy atom. The summed E-state index contributed by atoms with van der Waals surface area (Å²) in [6, 6.07) is 6.37. The average molecular weight is 386 g/mol. The standard InChI is InChI=1S/C19H22N4O3S/c1-5-26-17(25)9-20-16(24)10-27-19-22-21-18-13(4)8-14-12(3)6-11(2)7-15(14)23(18)19/h6-8H,5,9-10H2,1-4H3,(H,20,24). The number of aromatic nitrogens is 3. The molecule has 0 unspecified atom stereocenters. The second kappa shape index (κ2) is 7.96. The zero-order chi connectivity index (χ0) is 19.6. The Morgan fingerprint density at radius 3 is 2.67 bits per heavy atom. The van der Waals surface area contributed by atoms with Crippen molar-refractivity contribution >= 4 is 40.2 Å². The van der Waals surface area contributed by atoms with Crippen LogP contribution in [0, 0.1) is 20.8 Å². The van der Waals surface area contributed by atoms with Crippen molar-refractivity contribution in [3.8, 4) is 0 Å². The summed E-state index contributed by atoms with van der Waals surface area (Å²) in [6.45, 7) is 8.03. The Labute approximate surface area is 161 Å². The van der Waals surface area contributed by atoms with Gasteiger partial charge < -0.3 is 10.1 Å². The molecule has 0 aliphatic heterocycles. The van der Waals surface area contributed by atoms with Crippen molar-refractivity contribution in [1.29, 1.82) is 0 Å². The van der Waals surface area contributed by atoms with E-state index in [0.717, 1.165) is 27.7 Å². The quantitative estimate of drug-likeness (QED) is 0.518. The van der Waals surface area contributed by atoms with Crippen molar-refractivity contribution in [1.82, 2.24) is 19.9 Å². The van der Waals surface area contributed by atoms with Crippen molar-refractivity contribution in [2.75, 3.05) is 18.9 Å². The lowest BCUT2D eigenvalue weighted by Gasteiger charge is -2.10. The maximum atomic E-state index is 12.0. The third kappa shape index (κ3) is 4.05. The highest BCUT2D eigenvalue weighted by Crippen LogP contribution is 2.28. The van der Waals surface area contributed by atoms with Crippen molar-refractivity contribution in [3.05, 3.63) is 34.9 Å². The van der Waals surface area contributed by atoms with Crippen molar-refractivity contribution in [3.63, 3.8) is 0 Å². The van der Waals surface area contributed by atoms with Crippen LogP contribution in [0.3, 0.4) is 0 Å². The number of thioether (sulfide) groups is 1. The summed E-state index contributed by atoms with van der Waals surface area (Å²) in [6.07, 6.45) is 0. The first kappa shape index (κ1) is 19.2. The molecule has 1 aromatic carbocycles. The molecule has 0 spiro atoms. The molecule has 1 amide bonds. The van der Waals surface area contributed by atoms with E-state index in [1.807, 2.05) is 11.3 Å². The SMILES string of the molecule is CCOC(=O)CNC(=O)CSc1nnc2c(C)cc3c(C)cc(C)cc3n12. The summed E-state index contributed by atoms with van der Waals surface area (Å²) >= 11 is 1.29. The molecule has 2 aromatic heterocycles. The first-order valence-corrected chi connectivity index (χ1v) is 9.70. The van der Waals surface area contributed by atoms with Gasteiger partial charge >= 0.3 is 5.97 Å². The van der Waals surface area contributed by atoms with E-state index in [9.17, 15) is 9.59 Å². The van der Waals surface area contributed by atoms with Crippen molar-refractivity contribution in [2.24, 2.45) is 0 Å². The largest absolute Gasteiger partial charge is 0.465 e. The van der Waals surface area contributed by atoms with Gasteiger partial charge in [-0.15, -0.1) is 10.2 Å². The predicted molar refractivity (Wildman–Crippen MR) is 105 cm³/mol. The van der Waals surface area contributed by atoms with Gasteiger partial charge in [-0.3, -0.25) is 14.0 Å². The number of rotatable bonds is 6. The Hall–Kier alpha value is -2.61. The highest BCUT2D eigenvalue weighted by atomic mass is 32.2. The number of carbonyl (C=O) groups excluding carboxylic acids is 2. The van der Waals surface area contributed by atoms with Crippen LogP contribution >= 0.6 is 11.8 Å². The first-order chi connectivity index (χ1) is 12.9. The normalized spacial score (nSPS) is 11.1. The van der Waals surface area contributed by atoms with Gasteiger partial charge in [-0.2, -0.15) is 0 Å². The lowest BCUT2D eigenvalue weighted by atomic mass is 10.0. The molecule has 0 saturated heterocycles. The van der Waals surface area contributed by atoms with E-state index >= 15 is 0 Å². The number of pyridine rings is 1. The molecule has 0 atom stereocenters. The zero-order valence-corrected chi connectivity index (χ0v) is 16.6. The van der Waals surface area contributed by atoms with Gasteiger partial charge in [-0.25, -0.2) is 0 Å². The molecule has 1 N–H and O–H groups in total. The van der Waals surface area contributed by atoms with Gasteiger partial charge in [-0.1, -0.05) is 17.8 Å². The third-order valence-electron chi connectivity index (χ3n) is 4.16. The van der Waals surface area contributed by atoms with E-state index in [1.165, 1.54) is 17.3 Å². The van der Waals surface area contributed by atoms with Crippen LogP contribution in [0.5, 0.6) is 0 Å². The van der Waals surface area contributed by atoms with Gasteiger partial charge in [0.2, 0.25) is 5.91 Å². The van der Waals surface area contributed by atoms with Crippen molar-refractivity contribution < 1.29 is 14.3 Å². The number of carbonyl (C=O) groups is 2. The van der Waals surface area contributed by atoms with Gasteiger partial charge in [0, 0.05) is 5.39 Å². The molecule has 0 aliphatic rings. The van der Waals surface area contributed by atoms with Gasteiger partial charge in [0.15, 0.2) is 10.8 Å². The molecular formula is C19H22N4O3S.